The van der Waals surface area contributed by atoms with Crippen molar-refractivity contribution in [2.75, 3.05) is 6.54 Å². The molecule has 4 heteroatoms. The first kappa shape index (κ1) is 9.85. The van der Waals surface area contributed by atoms with Gasteiger partial charge in [0, 0.05) is 23.9 Å². The van der Waals surface area contributed by atoms with Gasteiger partial charge in [-0.3, -0.25) is 4.79 Å². The van der Waals surface area contributed by atoms with Crippen molar-refractivity contribution < 1.29 is 4.79 Å². The molecule has 0 unspecified atom stereocenters. The van der Waals surface area contributed by atoms with E-state index in [4.69, 9.17) is 0 Å². The summed E-state index contributed by atoms with van der Waals surface area (Å²) in [6.07, 6.45) is 3.25. The Hall–Kier alpha value is -0.350. The predicted octanol–water partition coefficient (Wildman–Crippen LogP) is 2.81. The maximum atomic E-state index is 11.9. The van der Waals surface area contributed by atoms with Crippen LogP contribution in [0.1, 0.15) is 23.3 Å². The molecule has 0 saturated heterocycles. The van der Waals surface area contributed by atoms with Gasteiger partial charge in [0.25, 0.3) is 0 Å². The Labute approximate surface area is 101 Å². The van der Waals surface area contributed by atoms with Gasteiger partial charge < -0.3 is 4.90 Å². The second-order valence-electron chi connectivity index (χ2n) is 4.28. The standard InChI is InChI=1S/C11H12BrNOS/c12-10-5-8-6-13(4-3-9(8)15-10)11(14)7-1-2-7/h5,7H,1-4,6H2. The van der Waals surface area contributed by atoms with Crippen LogP contribution in [0.25, 0.3) is 0 Å². The van der Waals surface area contributed by atoms with Crippen LogP contribution in [0.5, 0.6) is 0 Å². The number of thiophene rings is 1. The molecule has 15 heavy (non-hydrogen) atoms. The molecule has 0 atom stereocenters. The van der Waals surface area contributed by atoms with Crippen LogP contribution in [0.4, 0.5) is 0 Å². The normalized spacial score (nSPS) is 20.2. The van der Waals surface area contributed by atoms with Crippen molar-refractivity contribution >= 4 is 33.2 Å². The molecule has 0 spiro atoms. The van der Waals surface area contributed by atoms with Crippen LogP contribution in [0.15, 0.2) is 9.85 Å². The summed E-state index contributed by atoms with van der Waals surface area (Å²) >= 11 is 5.31. The van der Waals surface area contributed by atoms with Crippen molar-refractivity contribution in [1.29, 1.82) is 0 Å². The third-order valence-corrected chi connectivity index (χ3v) is 4.81. The highest BCUT2D eigenvalue weighted by Crippen LogP contribution is 2.35. The largest absolute Gasteiger partial charge is 0.338 e. The number of nitrogens with zero attached hydrogens (tertiary/aromatic N) is 1. The number of halogens is 1. The minimum absolute atomic E-state index is 0.355. The Bertz CT molecular complexity index is 411. The third-order valence-electron chi connectivity index (χ3n) is 3.07. The number of carbonyl (C=O) groups excluding carboxylic acids is 1. The van der Waals surface area contributed by atoms with Gasteiger partial charge in [-0.05, 0) is 46.8 Å². The average Bonchev–Trinajstić information content (AvgIpc) is 2.98. The predicted molar refractivity (Wildman–Crippen MR) is 63.9 cm³/mol. The summed E-state index contributed by atoms with van der Waals surface area (Å²) in [5.74, 6) is 0.733. The van der Waals surface area contributed by atoms with Crippen LogP contribution >= 0.6 is 27.3 Å². The summed E-state index contributed by atoms with van der Waals surface area (Å²) in [5, 5.41) is 0. The second-order valence-corrected chi connectivity index (χ2v) is 6.80. The zero-order valence-corrected chi connectivity index (χ0v) is 10.7. The summed E-state index contributed by atoms with van der Waals surface area (Å²) in [6.45, 7) is 1.74. The number of carbonyl (C=O) groups is 1. The molecular formula is C11H12BrNOS. The quantitative estimate of drug-likeness (QED) is 0.777. The summed E-state index contributed by atoms with van der Waals surface area (Å²) in [7, 11) is 0. The number of fused-ring (bicyclic) bond motifs is 1. The lowest BCUT2D eigenvalue weighted by atomic mass is 10.1. The first-order chi connectivity index (χ1) is 7.24. The highest BCUT2D eigenvalue weighted by Gasteiger charge is 2.34. The fourth-order valence-corrected chi connectivity index (χ4v) is 3.82. The van der Waals surface area contributed by atoms with Crippen LogP contribution in [0.2, 0.25) is 0 Å². The van der Waals surface area contributed by atoms with Gasteiger partial charge in [0.05, 0.1) is 3.79 Å². The van der Waals surface area contributed by atoms with E-state index in [9.17, 15) is 4.79 Å². The molecule has 2 nitrogen and oxygen atoms in total. The van der Waals surface area contributed by atoms with Crippen LogP contribution < -0.4 is 0 Å². The molecule has 80 valence electrons. The Morgan fingerprint density at radius 2 is 2.33 bits per heavy atom. The number of hydrogen-bond acceptors (Lipinski definition) is 2. The first-order valence-corrected chi connectivity index (χ1v) is 6.91. The maximum absolute atomic E-state index is 11.9. The van der Waals surface area contributed by atoms with E-state index in [0.29, 0.717) is 11.8 Å². The molecule has 0 bridgehead atoms. The lowest BCUT2D eigenvalue weighted by Gasteiger charge is -2.26. The van der Waals surface area contributed by atoms with E-state index in [1.54, 1.807) is 11.3 Å². The van der Waals surface area contributed by atoms with Gasteiger partial charge in [0.15, 0.2) is 0 Å². The number of rotatable bonds is 1. The Kier molecular flexibility index (Phi) is 2.36. The molecule has 3 rings (SSSR count). The Balaban J connectivity index is 1.78. The molecule has 1 aromatic heterocycles. The van der Waals surface area contributed by atoms with Crippen molar-refractivity contribution in [3.8, 4) is 0 Å². The van der Waals surface area contributed by atoms with Crippen molar-refractivity contribution in [2.45, 2.75) is 25.8 Å². The van der Waals surface area contributed by atoms with Gasteiger partial charge in [0.1, 0.15) is 0 Å². The Morgan fingerprint density at radius 3 is 3.07 bits per heavy atom. The molecule has 0 N–H and O–H groups in total. The van der Waals surface area contributed by atoms with Gasteiger partial charge in [0.2, 0.25) is 5.91 Å². The second kappa shape index (κ2) is 3.59. The van der Waals surface area contributed by atoms with Crippen molar-refractivity contribution in [3.63, 3.8) is 0 Å². The minimum atomic E-state index is 0.355. The fraction of sp³-hybridized carbons (Fsp3) is 0.545. The molecule has 1 aliphatic carbocycles. The van der Waals surface area contributed by atoms with Gasteiger partial charge in [-0.15, -0.1) is 11.3 Å². The van der Waals surface area contributed by atoms with E-state index in [0.717, 1.165) is 32.4 Å². The van der Waals surface area contributed by atoms with Gasteiger partial charge in [-0.2, -0.15) is 0 Å². The lowest BCUT2D eigenvalue weighted by Crippen LogP contribution is -2.36. The number of hydrogen-bond donors (Lipinski definition) is 0. The van der Waals surface area contributed by atoms with Crippen molar-refractivity contribution in [1.82, 2.24) is 4.90 Å². The first-order valence-electron chi connectivity index (χ1n) is 5.30. The smallest absolute Gasteiger partial charge is 0.225 e. The summed E-state index contributed by atoms with van der Waals surface area (Å²) in [5.41, 5.74) is 1.34. The SMILES string of the molecule is O=C(C1CC1)N1CCc2sc(Br)cc2C1. The van der Waals surface area contributed by atoms with Crippen LogP contribution in [-0.2, 0) is 17.8 Å². The molecule has 1 saturated carbocycles. The van der Waals surface area contributed by atoms with E-state index < -0.39 is 0 Å². The van der Waals surface area contributed by atoms with Crippen molar-refractivity contribution in [3.05, 3.63) is 20.3 Å². The van der Waals surface area contributed by atoms with E-state index in [1.165, 1.54) is 14.2 Å². The average molecular weight is 286 g/mol. The molecular weight excluding hydrogens is 274 g/mol. The fourth-order valence-electron chi connectivity index (χ4n) is 2.07. The highest BCUT2D eigenvalue weighted by atomic mass is 79.9. The minimum Gasteiger partial charge on any atom is -0.338 e. The van der Waals surface area contributed by atoms with Crippen LogP contribution in [-0.4, -0.2) is 17.4 Å². The van der Waals surface area contributed by atoms with E-state index >= 15 is 0 Å². The Morgan fingerprint density at radius 1 is 1.53 bits per heavy atom. The van der Waals surface area contributed by atoms with Gasteiger partial charge in [-0.25, -0.2) is 0 Å². The van der Waals surface area contributed by atoms with Gasteiger partial charge in [-0.1, -0.05) is 0 Å². The van der Waals surface area contributed by atoms with E-state index in [-0.39, 0.29) is 0 Å². The molecule has 2 aliphatic rings. The maximum Gasteiger partial charge on any atom is 0.225 e. The molecule has 1 fully saturated rings. The van der Waals surface area contributed by atoms with Gasteiger partial charge >= 0.3 is 0 Å². The lowest BCUT2D eigenvalue weighted by molar-refractivity contribution is -0.133. The molecule has 0 radical (unpaired) electrons. The third kappa shape index (κ3) is 1.85. The highest BCUT2D eigenvalue weighted by molar-refractivity contribution is 9.11. The summed E-state index contributed by atoms with van der Waals surface area (Å²) < 4.78 is 1.19. The topological polar surface area (TPSA) is 20.3 Å². The number of amides is 1. The zero-order chi connectivity index (χ0) is 10.4. The summed E-state index contributed by atoms with van der Waals surface area (Å²) in [6, 6.07) is 2.16. The monoisotopic (exact) mass is 285 g/mol. The molecule has 1 aromatic rings. The van der Waals surface area contributed by atoms with Crippen molar-refractivity contribution in [2.24, 2.45) is 5.92 Å². The van der Waals surface area contributed by atoms with Crippen LogP contribution in [0.3, 0.4) is 0 Å². The molecule has 2 heterocycles. The summed E-state index contributed by atoms with van der Waals surface area (Å²) in [4.78, 5) is 15.4. The van der Waals surface area contributed by atoms with E-state index in [1.807, 2.05) is 4.90 Å². The van der Waals surface area contributed by atoms with E-state index in [2.05, 4.69) is 22.0 Å². The molecule has 1 amide bonds. The zero-order valence-electron chi connectivity index (χ0n) is 8.33. The molecule has 1 aliphatic heterocycles. The van der Waals surface area contributed by atoms with Crippen LogP contribution in [0, 0.1) is 5.92 Å². The molecule has 0 aromatic carbocycles.